The average molecular weight is 561 g/mol. The van der Waals surface area contributed by atoms with Crippen molar-refractivity contribution in [3.63, 3.8) is 0 Å². The highest BCUT2D eigenvalue weighted by Gasteiger charge is 2.25. The zero-order valence-corrected chi connectivity index (χ0v) is 23.1. The quantitative estimate of drug-likeness (QED) is 0.323. The largest absolute Gasteiger partial charge is 0.369 e. The molecule has 0 radical (unpaired) electrons. The summed E-state index contributed by atoms with van der Waals surface area (Å²) in [6.45, 7) is 5.55. The average Bonchev–Trinajstić information content (AvgIpc) is 2.98. The van der Waals surface area contributed by atoms with E-state index in [1.54, 1.807) is 23.1 Å². The molecule has 5 rings (SSSR count). The summed E-state index contributed by atoms with van der Waals surface area (Å²) in [5.74, 6) is -1.30. The maximum absolute atomic E-state index is 12.6. The van der Waals surface area contributed by atoms with Gasteiger partial charge in [0.25, 0.3) is 0 Å². The Bertz CT molecular complexity index is 1340. The van der Waals surface area contributed by atoms with Crippen LogP contribution in [0.5, 0.6) is 0 Å². The van der Waals surface area contributed by atoms with E-state index >= 15 is 0 Å². The lowest BCUT2D eigenvalue weighted by Gasteiger charge is -2.36. The molecule has 0 spiro atoms. The summed E-state index contributed by atoms with van der Waals surface area (Å²) in [5, 5.41) is 6.07. The number of aromatic nitrogens is 1. The van der Waals surface area contributed by atoms with Crippen LogP contribution < -0.4 is 20.4 Å². The van der Waals surface area contributed by atoms with Gasteiger partial charge in [0.05, 0.1) is 6.54 Å². The molecule has 2 aliphatic heterocycles. The summed E-state index contributed by atoms with van der Waals surface area (Å²) in [7, 11) is 0. The number of pyridine rings is 1. The van der Waals surface area contributed by atoms with Crippen molar-refractivity contribution < 1.29 is 14.4 Å². The summed E-state index contributed by atoms with van der Waals surface area (Å²) >= 11 is 5.99. The van der Waals surface area contributed by atoms with Crippen LogP contribution in [0.4, 0.5) is 17.1 Å². The summed E-state index contributed by atoms with van der Waals surface area (Å²) in [6, 6.07) is 16.9. The molecule has 3 amide bonds. The Morgan fingerprint density at radius 2 is 1.65 bits per heavy atom. The Hall–Kier alpha value is -3.95. The highest BCUT2D eigenvalue weighted by Crippen LogP contribution is 2.31. The van der Waals surface area contributed by atoms with Crippen LogP contribution in [0.3, 0.4) is 0 Å². The minimum Gasteiger partial charge on any atom is -0.369 e. The fourth-order valence-electron chi connectivity index (χ4n) is 5.14. The number of piperazine rings is 1. The van der Waals surface area contributed by atoms with Gasteiger partial charge in [-0.05, 0) is 73.0 Å². The van der Waals surface area contributed by atoms with Crippen molar-refractivity contribution in [1.29, 1.82) is 0 Å². The van der Waals surface area contributed by atoms with Gasteiger partial charge in [-0.1, -0.05) is 23.7 Å². The standard InChI is InChI=1S/C30H33ClN6O3/c31-24-5-2-22(3-6-24)21-37-27-8-7-25(20-23(27)4-9-28(37)38)34-30(40)29(39)33-12-1-15-35-16-18-36(19-17-35)26-10-13-32-14-11-26/h2-3,5-8,10-11,13-14,20H,1,4,9,12,15-19,21H2,(H,33,39)(H,34,40). The topological polar surface area (TPSA) is 97.9 Å². The number of benzene rings is 2. The number of hydrogen-bond donors (Lipinski definition) is 2. The number of nitrogens with zero attached hydrogens (tertiary/aromatic N) is 4. The minimum absolute atomic E-state index is 0.0502. The number of anilines is 3. The fourth-order valence-corrected chi connectivity index (χ4v) is 5.27. The number of amides is 3. The number of nitrogens with one attached hydrogen (secondary N) is 2. The molecule has 3 heterocycles. The number of fused-ring (bicyclic) bond motifs is 1. The first-order valence-corrected chi connectivity index (χ1v) is 14.0. The van der Waals surface area contributed by atoms with E-state index in [1.165, 1.54) is 5.69 Å². The minimum atomic E-state index is -0.698. The van der Waals surface area contributed by atoms with E-state index in [-0.39, 0.29) is 5.91 Å². The molecule has 40 heavy (non-hydrogen) atoms. The van der Waals surface area contributed by atoms with Crippen LogP contribution in [0.15, 0.2) is 67.0 Å². The zero-order chi connectivity index (χ0) is 27.9. The molecule has 2 aliphatic rings. The van der Waals surface area contributed by atoms with Gasteiger partial charge in [0.15, 0.2) is 0 Å². The number of halogens is 1. The smallest absolute Gasteiger partial charge is 0.313 e. The maximum Gasteiger partial charge on any atom is 0.313 e. The van der Waals surface area contributed by atoms with Crippen molar-refractivity contribution in [2.45, 2.75) is 25.8 Å². The molecule has 10 heteroatoms. The lowest BCUT2D eigenvalue weighted by molar-refractivity contribution is -0.136. The Kier molecular flexibility index (Phi) is 8.93. The fraction of sp³-hybridized carbons (Fsp3) is 0.333. The highest BCUT2D eigenvalue weighted by atomic mass is 35.5. The molecule has 9 nitrogen and oxygen atoms in total. The molecule has 0 unspecified atom stereocenters. The Morgan fingerprint density at radius 1 is 0.900 bits per heavy atom. The van der Waals surface area contributed by atoms with Gasteiger partial charge in [0.1, 0.15) is 0 Å². The summed E-state index contributed by atoms with van der Waals surface area (Å²) in [5.41, 5.74) is 4.47. The van der Waals surface area contributed by atoms with Gasteiger partial charge < -0.3 is 20.4 Å². The van der Waals surface area contributed by atoms with Crippen LogP contribution in [0.1, 0.15) is 24.0 Å². The van der Waals surface area contributed by atoms with Crippen LogP contribution in [0, 0.1) is 0 Å². The first-order chi connectivity index (χ1) is 19.5. The van der Waals surface area contributed by atoms with Gasteiger partial charge in [-0.2, -0.15) is 0 Å². The van der Waals surface area contributed by atoms with Crippen LogP contribution >= 0.6 is 11.6 Å². The van der Waals surface area contributed by atoms with Crippen LogP contribution in [0.2, 0.25) is 5.02 Å². The van der Waals surface area contributed by atoms with E-state index in [2.05, 4.69) is 25.4 Å². The summed E-state index contributed by atoms with van der Waals surface area (Å²) in [4.78, 5) is 48.1. The Morgan fingerprint density at radius 3 is 2.40 bits per heavy atom. The third-order valence-electron chi connectivity index (χ3n) is 7.33. The third kappa shape index (κ3) is 6.97. The maximum atomic E-state index is 12.6. The van der Waals surface area contributed by atoms with E-state index < -0.39 is 11.8 Å². The van der Waals surface area contributed by atoms with E-state index in [0.29, 0.717) is 36.6 Å². The lowest BCUT2D eigenvalue weighted by Crippen LogP contribution is -2.47. The zero-order valence-electron chi connectivity index (χ0n) is 22.3. The lowest BCUT2D eigenvalue weighted by atomic mass is 9.99. The Balaban J connectivity index is 1.06. The second-order valence-corrected chi connectivity index (χ2v) is 10.5. The van der Waals surface area contributed by atoms with E-state index in [1.807, 2.05) is 48.8 Å². The van der Waals surface area contributed by atoms with E-state index in [0.717, 1.165) is 56.0 Å². The number of carbonyl (C=O) groups excluding carboxylic acids is 3. The van der Waals surface area contributed by atoms with Gasteiger partial charge in [-0.3, -0.25) is 24.3 Å². The number of aryl methyl sites for hydroxylation is 1. The highest BCUT2D eigenvalue weighted by molar-refractivity contribution is 6.39. The van der Waals surface area contributed by atoms with Gasteiger partial charge in [-0.15, -0.1) is 0 Å². The van der Waals surface area contributed by atoms with Crippen LogP contribution in [0.25, 0.3) is 0 Å². The first kappa shape index (κ1) is 27.6. The number of rotatable bonds is 8. The molecule has 1 saturated heterocycles. The predicted octanol–water partition coefficient (Wildman–Crippen LogP) is 3.48. The van der Waals surface area contributed by atoms with Gasteiger partial charge >= 0.3 is 11.8 Å². The Labute approximate surface area is 239 Å². The van der Waals surface area contributed by atoms with E-state index in [9.17, 15) is 14.4 Å². The normalized spacial score (nSPS) is 15.5. The predicted molar refractivity (Wildman–Crippen MR) is 157 cm³/mol. The molecule has 208 valence electrons. The van der Waals surface area contributed by atoms with Gasteiger partial charge in [0, 0.05) is 73.6 Å². The van der Waals surface area contributed by atoms with Gasteiger partial charge in [-0.25, -0.2) is 0 Å². The van der Waals surface area contributed by atoms with Crippen molar-refractivity contribution in [1.82, 2.24) is 15.2 Å². The SMILES string of the molecule is O=C(NCCCN1CCN(c2ccncc2)CC1)C(=O)Nc1ccc2c(c1)CCC(=O)N2Cc1ccc(Cl)cc1. The molecule has 0 atom stereocenters. The second-order valence-electron chi connectivity index (χ2n) is 10.0. The van der Waals surface area contributed by atoms with Crippen molar-refractivity contribution in [2.75, 3.05) is 54.4 Å². The van der Waals surface area contributed by atoms with Crippen LogP contribution in [-0.4, -0.2) is 66.9 Å². The summed E-state index contributed by atoms with van der Waals surface area (Å²) < 4.78 is 0. The molecule has 2 aromatic carbocycles. The molecule has 0 saturated carbocycles. The molecule has 1 aromatic heterocycles. The molecular weight excluding hydrogens is 528 g/mol. The van der Waals surface area contributed by atoms with Gasteiger partial charge in [0.2, 0.25) is 5.91 Å². The van der Waals surface area contributed by atoms with Crippen molar-refractivity contribution in [3.8, 4) is 0 Å². The second kappa shape index (κ2) is 12.9. The molecule has 2 N–H and O–H groups in total. The van der Waals surface area contributed by atoms with Crippen LogP contribution in [-0.2, 0) is 27.3 Å². The third-order valence-corrected chi connectivity index (χ3v) is 7.59. The number of carbonyl (C=O) groups is 3. The molecule has 3 aromatic rings. The van der Waals surface area contributed by atoms with Crippen molar-refractivity contribution in [3.05, 3.63) is 83.1 Å². The monoisotopic (exact) mass is 560 g/mol. The number of hydrogen-bond acceptors (Lipinski definition) is 6. The summed E-state index contributed by atoms with van der Waals surface area (Å²) in [6.07, 6.45) is 5.36. The first-order valence-electron chi connectivity index (χ1n) is 13.6. The molecule has 0 aliphatic carbocycles. The molecule has 1 fully saturated rings. The van der Waals surface area contributed by atoms with E-state index in [4.69, 9.17) is 11.6 Å². The molecule has 0 bridgehead atoms. The van der Waals surface area contributed by atoms with Crippen molar-refractivity contribution >= 4 is 46.4 Å². The van der Waals surface area contributed by atoms with Crippen molar-refractivity contribution in [2.24, 2.45) is 0 Å². The molecular formula is C30H33ClN6O3.